The second kappa shape index (κ2) is 11.4. The number of ether oxygens (including phenoxy) is 2. The lowest BCUT2D eigenvalue weighted by Crippen LogP contribution is -2.35. The van der Waals surface area contributed by atoms with Crippen LogP contribution in [0.25, 0.3) is 0 Å². The number of nitrogens with zero attached hydrogens (tertiary/aromatic N) is 4. The number of rotatable bonds is 10. The lowest BCUT2D eigenvalue weighted by atomic mass is 10.1. The number of anilines is 1. The second-order valence-corrected chi connectivity index (χ2v) is 6.36. The summed E-state index contributed by atoms with van der Waals surface area (Å²) in [6, 6.07) is 5.63. The first-order valence-corrected chi connectivity index (χ1v) is 9.48. The molecule has 0 bridgehead atoms. The fourth-order valence-electron chi connectivity index (χ4n) is 2.26. The molecule has 1 aromatic heterocycles. The third-order valence-corrected chi connectivity index (χ3v) is 4.00. The van der Waals surface area contributed by atoms with Crippen molar-refractivity contribution >= 4 is 41.0 Å². The molecule has 3 N–H and O–H groups in total. The van der Waals surface area contributed by atoms with E-state index in [1.54, 1.807) is 24.3 Å². The Morgan fingerprint density at radius 1 is 1.18 bits per heavy atom. The fraction of sp³-hybridized carbons (Fsp3) is 0.438. The molecular formula is C16H20Cl2N6O4. The number of aromatic nitrogens is 4. The zero-order chi connectivity index (χ0) is 20.4. The Morgan fingerprint density at radius 3 is 2.43 bits per heavy atom. The lowest BCUT2D eigenvalue weighted by Gasteiger charge is -2.22. The predicted octanol–water partition coefficient (Wildman–Crippen LogP) is 1.49. The number of aryl methyl sites for hydroxylation is 1. The van der Waals surface area contributed by atoms with Gasteiger partial charge in [-0.3, -0.25) is 0 Å². The first-order valence-electron chi connectivity index (χ1n) is 8.41. The van der Waals surface area contributed by atoms with Crippen molar-refractivity contribution in [3.63, 3.8) is 0 Å². The molecule has 2 aromatic rings. The molecule has 0 spiro atoms. The maximum absolute atomic E-state index is 11.8. The normalized spacial score (nSPS) is 11.7. The minimum atomic E-state index is -1.16. The molecule has 28 heavy (non-hydrogen) atoms. The molecular weight excluding hydrogens is 411 g/mol. The molecule has 12 heteroatoms. The number of hydrogen-bond acceptors (Lipinski definition) is 9. The largest absolute Gasteiger partial charge is 0.521 e. The summed E-state index contributed by atoms with van der Waals surface area (Å²) in [5.74, 6) is 0.634. The third kappa shape index (κ3) is 6.95. The van der Waals surface area contributed by atoms with Gasteiger partial charge in [0.05, 0.1) is 0 Å². The molecule has 152 valence electrons. The van der Waals surface area contributed by atoms with Gasteiger partial charge in [0.15, 0.2) is 5.82 Å². The summed E-state index contributed by atoms with van der Waals surface area (Å²) in [6.07, 6.45) is -0.659. The van der Waals surface area contributed by atoms with Crippen LogP contribution >= 0.6 is 23.2 Å². The van der Waals surface area contributed by atoms with Gasteiger partial charge in [0.25, 0.3) is 0 Å². The molecule has 0 amide bonds. The number of esters is 1. The maximum Gasteiger partial charge on any atom is 0.521 e. The maximum atomic E-state index is 11.8. The van der Waals surface area contributed by atoms with E-state index in [0.29, 0.717) is 37.1 Å². The Morgan fingerprint density at radius 2 is 1.86 bits per heavy atom. The number of halogens is 2. The molecule has 1 unspecified atom stereocenters. The molecule has 0 fully saturated rings. The minimum absolute atomic E-state index is 0.192. The van der Waals surface area contributed by atoms with Gasteiger partial charge in [-0.2, -0.15) is 5.21 Å². The Labute approximate surface area is 171 Å². The van der Waals surface area contributed by atoms with Crippen LogP contribution in [0.4, 0.5) is 10.5 Å². The van der Waals surface area contributed by atoms with E-state index in [9.17, 15) is 9.59 Å². The Hall–Kier alpha value is -2.43. The number of carbonyl (C=O) groups excluding carboxylic acids is 2. The zero-order valence-corrected chi connectivity index (χ0v) is 16.4. The van der Waals surface area contributed by atoms with Crippen molar-refractivity contribution in [1.29, 1.82) is 0 Å². The Bertz CT molecular complexity index is 738. The standard InChI is InChI=1S/C16H20Cl2N6O4/c17-7-9-24(10-8-18)11-1-3-12(4-2-11)27-16(26)28-15(25)13(19)5-6-14-20-22-23-21-14/h1-4,13H,5-10,19H2,(H,20,21,22,23). The van der Waals surface area contributed by atoms with Crippen molar-refractivity contribution in [1.82, 2.24) is 20.6 Å². The summed E-state index contributed by atoms with van der Waals surface area (Å²) in [5.41, 5.74) is 6.57. The first kappa shape index (κ1) is 21.9. The average molecular weight is 431 g/mol. The van der Waals surface area contributed by atoms with Crippen LogP contribution in [-0.2, 0) is 16.0 Å². The molecule has 0 aliphatic rings. The number of aromatic amines is 1. The van der Waals surface area contributed by atoms with Gasteiger partial charge in [0, 0.05) is 37.0 Å². The second-order valence-electron chi connectivity index (χ2n) is 5.61. The van der Waals surface area contributed by atoms with Crippen LogP contribution in [0.3, 0.4) is 0 Å². The topological polar surface area (TPSA) is 136 Å². The fourth-order valence-corrected chi connectivity index (χ4v) is 2.67. The van der Waals surface area contributed by atoms with E-state index in [2.05, 4.69) is 25.4 Å². The van der Waals surface area contributed by atoms with Gasteiger partial charge in [-0.25, -0.2) is 9.59 Å². The minimum Gasteiger partial charge on any atom is -0.395 e. The summed E-state index contributed by atoms with van der Waals surface area (Å²) in [7, 11) is 0. The predicted molar refractivity (Wildman–Crippen MR) is 103 cm³/mol. The molecule has 0 saturated carbocycles. The highest BCUT2D eigenvalue weighted by Crippen LogP contribution is 2.20. The highest BCUT2D eigenvalue weighted by Gasteiger charge is 2.21. The van der Waals surface area contributed by atoms with Crippen LogP contribution in [-0.4, -0.2) is 63.6 Å². The van der Waals surface area contributed by atoms with E-state index in [4.69, 9.17) is 33.7 Å². The van der Waals surface area contributed by atoms with Crippen LogP contribution in [0.5, 0.6) is 5.75 Å². The van der Waals surface area contributed by atoms with Crippen LogP contribution in [0.15, 0.2) is 24.3 Å². The molecule has 0 radical (unpaired) electrons. The molecule has 0 aliphatic carbocycles. The van der Waals surface area contributed by atoms with Gasteiger partial charge in [-0.15, -0.1) is 33.4 Å². The molecule has 0 aliphatic heterocycles. The van der Waals surface area contributed by atoms with Crippen molar-refractivity contribution in [2.45, 2.75) is 18.9 Å². The highest BCUT2D eigenvalue weighted by atomic mass is 35.5. The molecule has 1 heterocycles. The van der Waals surface area contributed by atoms with E-state index < -0.39 is 18.2 Å². The quantitative estimate of drug-likeness (QED) is 0.248. The summed E-state index contributed by atoms with van der Waals surface area (Å²) in [4.78, 5) is 25.6. The van der Waals surface area contributed by atoms with Crippen molar-refractivity contribution in [2.24, 2.45) is 5.73 Å². The van der Waals surface area contributed by atoms with Crippen molar-refractivity contribution < 1.29 is 19.1 Å². The number of nitrogens with two attached hydrogens (primary N) is 1. The summed E-state index contributed by atoms with van der Waals surface area (Å²) < 4.78 is 9.60. The number of benzene rings is 1. The van der Waals surface area contributed by atoms with Gasteiger partial charge in [-0.05, 0) is 30.7 Å². The Kier molecular flexibility index (Phi) is 8.92. The number of alkyl halides is 2. The molecule has 0 saturated heterocycles. The molecule has 10 nitrogen and oxygen atoms in total. The highest BCUT2D eigenvalue weighted by molar-refractivity contribution is 6.18. The number of hydrogen-bond donors (Lipinski definition) is 2. The van der Waals surface area contributed by atoms with Gasteiger partial charge in [0.2, 0.25) is 0 Å². The molecule has 2 rings (SSSR count). The molecule has 1 atom stereocenters. The van der Waals surface area contributed by atoms with Gasteiger partial charge >= 0.3 is 12.1 Å². The van der Waals surface area contributed by atoms with Crippen molar-refractivity contribution in [3.05, 3.63) is 30.1 Å². The van der Waals surface area contributed by atoms with E-state index >= 15 is 0 Å². The number of nitrogens with one attached hydrogen (secondary N) is 1. The van der Waals surface area contributed by atoms with Crippen LogP contribution < -0.4 is 15.4 Å². The lowest BCUT2D eigenvalue weighted by molar-refractivity contribution is -0.140. The number of carbonyl (C=O) groups is 2. The summed E-state index contributed by atoms with van der Waals surface area (Å²) >= 11 is 11.6. The van der Waals surface area contributed by atoms with Gasteiger partial charge in [0.1, 0.15) is 11.8 Å². The van der Waals surface area contributed by atoms with Crippen molar-refractivity contribution in [2.75, 3.05) is 29.7 Å². The monoisotopic (exact) mass is 430 g/mol. The van der Waals surface area contributed by atoms with Gasteiger partial charge < -0.3 is 20.1 Å². The van der Waals surface area contributed by atoms with E-state index in [-0.39, 0.29) is 12.2 Å². The van der Waals surface area contributed by atoms with Crippen LogP contribution in [0.2, 0.25) is 0 Å². The zero-order valence-electron chi connectivity index (χ0n) is 14.9. The third-order valence-electron chi connectivity index (χ3n) is 3.67. The number of tetrazole rings is 1. The molecule has 1 aromatic carbocycles. The van der Waals surface area contributed by atoms with E-state index in [1.165, 1.54) is 0 Å². The first-order chi connectivity index (χ1) is 13.5. The summed E-state index contributed by atoms with van der Waals surface area (Å²) in [5, 5.41) is 13.2. The van der Waals surface area contributed by atoms with E-state index in [0.717, 1.165) is 5.69 Å². The van der Waals surface area contributed by atoms with E-state index in [1.807, 2.05) is 4.90 Å². The Balaban J connectivity index is 1.82. The van der Waals surface area contributed by atoms with Gasteiger partial charge in [-0.1, -0.05) is 5.21 Å². The van der Waals surface area contributed by atoms with Crippen molar-refractivity contribution in [3.8, 4) is 5.75 Å². The average Bonchev–Trinajstić information content (AvgIpc) is 3.20. The van der Waals surface area contributed by atoms with Crippen LogP contribution in [0.1, 0.15) is 12.2 Å². The summed E-state index contributed by atoms with van der Waals surface area (Å²) in [6.45, 7) is 1.26. The SMILES string of the molecule is NC(CCc1nn[nH]n1)C(=O)OC(=O)Oc1ccc(N(CCCl)CCCl)cc1. The smallest absolute Gasteiger partial charge is 0.395 e. The number of H-pyrrole nitrogens is 1. The van der Waals surface area contributed by atoms with Crippen LogP contribution in [0, 0.1) is 0 Å².